The van der Waals surface area contributed by atoms with E-state index in [4.69, 9.17) is 21.1 Å². The maximum Gasteiger partial charge on any atom is 0.262 e. The lowest BCUT2D eigenvalue weighted by Gasteiger charge is -2.10. The first-order valence-electron chi connectivity index (χ1n) is 9.89. The molecule has 2 amide bonds. The van der Waals surface area contributed by atoms with Gasteiger partial charge >= 0.3 is 0 Å². The number of hydrogen-bond acceptors (Lipinski definition) is 6. The second-order valence-corrected chi connectivity index (χ2v) is 8.13. The van der Waals surface area contributed by atoms with Gasteiger partial charge in [0, 0.05) is 9.92 Å². The standard InChI is InChI=1S/C24H22ClN3O4S/c1-31-22-5-3-2-4-21(22)27-23(29)15-32-19-10-6-17(7-11-19)14-26-28-24(30)16-33-20-12-8-18(25)9-13-20/h2-14H,15-16H2,1H3,(H,27,29)(H,28,30)/b26-14+. The molecule has 0 radical (unpaired) electrons. The zero-order valence-corrected chi connectivity index (χ0v) is 19.4. The van der Waals surface area contributed by atoms with E-state index in [1.807, 2.05) is 18.2 Å². The number of nitrogens with one attached hydrogen (secondary N) is 2. The van der Waals surface area contributed by atoms with Gasteiger partial charge in [0.15, 0.2) is 6.61 Å². The molecule has 33 heavy (non-hydrogen) atoms. The normalized spacial score (nSPS) is 10.6. The van der Waals surface area contributed by atoms with Gasteiger partial charge in [-0.1, -0.05) is 23.7 Å². The fourth-order valence-electron chi connectivity index (χ4n) is 2.62. The van der Waals surface area contributed by atoms with Crippen molar-refractivity contribution in [2.75, 3.05) is 24.8 Å². The van der Waals surface area contributed by atoms with Crippen molar-refractivity contribution < 1.29 is 19.1 Å². The second kappa shape index (κ2) is 12.5. The fraction of sp³-hybridized carbons (Fsp3) is 0.125. The monoisotopic (exact) mass is 483 g/mol. The van der Waals surface area contributed by atoms with Crippen LogP contribution in [0.5, 0.6) is 11.5 Å². The van der Waals surface area contributed by atoms with Crippen LogP contribution in [0.15, 0.2) is 82.8 Å². The van der Waals surface area contributed by atoms with Crippen LogP contribution in [0.25, 0.3) is 0 Å². The van der Waals surface area contributed by atoms with Gasteiger partial charge in [0.05, 0.1) is 24.8 Å². The van der Waals surface area contributed by atoms with Gasteiger partial charge in [-0.2, -0.15) is 5.10 Å². The van der Waals surface area contributed by atoms with Gasteiger partial charge in [-0.3, -0.25) is 9.59 Å². The van der Waals surface area contributed by atoms with Gasteiger partial charge in [0.2, 0.25) is 5.91 Å². The number of rotatable bonds is 10. The molecule has 0 aliphatic rings. The minimum Gasteiger partial charge on any atom is -0.495 e. The summed E-state index contributed by atoms with van der Waals surface area (Å²) in [5.74, 6) is 0.829. The smallest absolute Gasteiger partial charge is 0.262 e. The molecule has 3 aromatic carbocycles. The van der Waals surface area contributed by atoms with E-state index in [0.717, 1.165) is 10.5 Å². The second-order valence-electron chi connectivity index (χ2n) is 6.64. The molecule has 0 saturated heterocycles. The van der Waals surface area contributed by atoms with Crippen molar-refractivity contribution in [1.29, 1.82) is 0 Å². The van der Waals surface area contributed by atoms with Crippen molar-refractivity contribution in [3.63, 3.8) is 0 Å². The zero-order chi connectivity index (χ0) is 23.5. The fourth-order valence-corrected chi connectivity index (χ4v) is 3.44. The number of halogens is 1. The lowest BCUT2D eigenvalue weighted by Crippen LogP contribution is -2.20. The van der Waals surface area contributed by atoms with E-state index >= 15 is 0 Å². The first-order valence-corrected chi connectivity index (χ1v) is 11.3. The quantitative estimate of drug-likeness (QED) is 0.250. The largest absolute Gasteiger partial charge is 0.495 e. The lowest BCUT2D eigenvalue weighted by molar-refractivity contribution is -0.119. The maximum absolute atomic E-state index is 12.1. The first kappa shape index (κ1) is 24.2. The molecule has 0 bridgehead atoms. The Hall–Kier alpha value is -3.49. The Morgan fingerprint density at radius 2 is 1.73 bits per heavy atom. The third kappa shape index (κ3) is 8.17. The third-order valence-corrected chi connectivity index (χ3v) is 5.48. The molecule has 0 fully saturated rings. The summed E-state index contributed by atoms with van der Waals surface area (Å²) in [4.78, 5) is 25.0. The van der Waals surface area contributed by atoms with E-state index in [-0.39, 0.29) is 24.2 Å². The molecule has 7 nitrogen and oxygen atoms in total. The molecule has 0 spiro atoms. The molecule has 0 saturated carbocycles. The van der Waals surface area contributed by atoms with Gasteiger partial charge in [0.1, 0.15) is 11.5 Å². The first-order chi connectivity index (χ1) is 16.0. The van der Waals surface area contributed by atoms with Crippen LogP contribution in [0.1, 0.15) is 5.56 Å². The minimum absolute atomic E-state index is 0.146. The summed E-state index contributed by atoms with van der Waals surface area (Å²) in [7, 11) is 1.54. The highest BCUT2D eigenvalue weighted by atomic mass is 35.5. The molecule has 3 rings (SSSR count). The summed E-state index contributed by atoms with van der Waals surface area (Å²) in [6.07, 6.45) is 1.53. The van der Waals surface area contributed by atoms with E-state index < -0.39 is 0 Å². The molecule has 0 heterocycles. The van der Waals surface area contributed by atoms with Crippen LogP contribution in [0.4, 0.5) is 5.69 Å². The van der Waals surface area contributed by atoms with Gasteiger partial charge in [-0.25, -0.2) is 5.43 Å². The Morgan fingerprint density at radius 3 is 2.45 bits per heavy atom. The molecule has 0 aliphatic heterocycles. The zero-order valence-electron chi connectivity index (χ0n) is 17.8. The predicted octanol–water partition coefficient (Wildman–Crippen LogP) is 4.61. The average molecular weight is 484 g/mol. The van der Waals surface area contributed by atoms with Crippen molar-refractivity contribution in [3.05, 3.63) is 83.4 Å². The number of thioether (sulfide) groups is 1. The molecular formula is C24H22ClN3O4S. The van der Waals surface area contributed by atoms with Crippen molar-refractivity contribution in [2.45, 2.75) is 4.90 Å². The van der Waals surface area contributed by atoms with Crippen LogP contribution in [0.3, 0.4) is 0 Å². The van der Waals surface area contributed by atoms with Crippen LogP contribution >= 0.6 is 23.4 Å². The van der Waals surface area contributed by atoms with E-state index in [2.05, 4.69) is 15.8 Å². The third-order valence-electron chi connectivity index (χ3n) is 4.22. The Balaban J connectivity index is 1.40. The Morgan fingerprint density at radius 1 is 1.00 bits per heavy atom. The SMILES string of the molecule is COc1ccccc1NC(=O)COc1ccc(/C=N/NC(=O)CSc2ccc(Cl)cc2)cc1. The Bertz CT molecular complexity index is 1110. The molecule has 0 atom stereocenters. The van der Waals surface area contributed by atoms with E-state index in [1.165, 1.54) is 25.1 Å². The molecule has 0 aromatic heterocycles. The van der Waals surface area contributed by atoms with E-state index in [9.17, 15) is 9.59 Å². The predicted molar refractivity (Wildman–Crippen MR) is 131 cm³/mol. The number of carbonyl (C=O) groups is 2. The molecule has 9 heteroatoms. The number of benzene rings is 3. The van der Waals surface area contributed by atoms with Gasteiger partial charge in [0.25, 0.3) is 5.91 Å². The summed E-state index contributed by atoms with van der Waals surface area (Å²) in [6.45, 7) is -0.146. The average Bonchev–Trinajstić information content (AvgIpc) is 2.83. The van der Waals surface area contributed by atoms with Crippen LogP contribution in [0.2, 0.25) is 5.02 Å². The summed E-state index contributed by atoms with van der Waals surface area (Å²) < 4.78 is 10.7. The van der Waals surface area contributed by atoms with Crippen LogP contribution in [0, 0.1) is 0 Å². The van der Waals surface area contributed by atoms with E-state index in [0.29, 0.717) is 22.2 Å². The maximum atomic E-state index is 12.1. The van der Waals surface area contributed by atoms with Gasteiger partial charge in [-0.15, -0.1) is 11.8 Å². The topological polar surface area (TPSA) is 89.0 Å². The summed E-state index contributed by atoms with van der Waals surface area (Å²) in [5.41, 5.74) is 3.84. The minimum atomic E-state index is -0.302. The Kier molecular flexibility index (Phi) is 9.17. The number of hydrazone groups is 1. The number of hydrogen-bond donors (Lipinski definition) is 2. The highest BCUT2D eigenvalue weighted by Gasteiger charge is 2.08. The van der Waals surface area contributed by atoms with Crippen molar-refractivity contribution in [1.82, 2.24) is 5.43 Å². The molecular weight excluding hydrogens is 462 g/mol. The summed E-state index contributed by atoms with van der Waals surface area (Å²) in [6, 6.07) is 21.4. The number of para-hydroxylation sites is 2. The summed E-state index contributed by atoms with van der Waals surface area (Å²) in [5, 5.41) is 7.36. The molecule has 170 valence electrons. The van der Waals surface area contributed by atoms with Crippen LogP contribution in [-0.4, -0.2) is 37.5 Å². The number of nitrogens with zero attached hydrogens (tertiary/aromatic N) is 1. The number of methoxy groups -OCH3 is 1. The van der Waals surface area contributed by atoms with Gasteiger partial charge < -0.3 is 14.8 Å². The van der Waals surface area contributed by atoms with Gasteiger partial charge in [-0.05, 0) is 66.2 Å². The van der Waals surface area contributed by atoms with Crippen molar-refractivity contribution in [2.24, 2.45) is 5.10 Å². The number of anilines is 1. The highest BCUT2D eigenvalue weighted by Crippen LogP contribution is 2.23. The molecule has 0 aliphatic carbocycles. The van der Waals surface area contributed by atoms with Crippen molar-refractivity contribution >= 4 is 47.1 Å². The Labute approximate surface area is 201 Å². The number of amides is 2. The molecule has 3 aromatic rings. The van der Waals surface area contributed by atoms with E-state index in [1.54, 1.807) is 54.6 Å². The lowest BCUT2D eigenvalue weighted by atomic mass is 10.2. The summed E-state index contributed by atoms with van der Waals surface area (Å²) >= 11 is 7.24. The number of carbonyl (C=O) groups excluding carboxylic acids is 2. The van der Waals surface area contributed by atoms with Crippen LogP contribution < -0.4 is 20.2 Å². The van der Waals surface area contributed by atoms with Crippen LogP contribution in [-0.2, 0) is 9.59 Å². The van der Waals surface area contributed by atoms with Crippen molar-refractivity contribution in [3.8, 4) is 11.5 Å². The molecule has 2 N–H and O–H groups in total. The number of ether oxygens (including phenoxy) is 2. The highest BCUT2D eigenvalue weighted by molar-refractivity contribution is 8.00. The molecule has 0 unspecified atom stereocenters.